The zero-order chi connectivity index (χ0) is 14.7. The summed E-state index contributed by atoms with van der Waals surface area (Å²) in [6.07, 6.45) is 2.80. The Labute approximate surface area is 121 Å². The van der Waals surface area contributed by atoms with Gasteiger partial charge in [-0.2, -0.15) is 0 Å². The van der Waals surface area contributed by atoms with Gasteiger partial charge in [0.15, 0.2) is 5.82 Å². The molecule has 9 heteroatoms. The van der Waals surface area contributed by atoms with Gasteiger partial charge < -0.3 is 11.1 Å². The summed E-state index contributed by atoms with van der Waals surface area (Å²) in [7, 11) is 0. The predicted octanol–water partition coefficient (Wildman–Crippen LogP) is 1.98. The van der Waals surface area contributed by atoms with Crippen molar-refractivity contribution in [3.8, 4) is 0 Å². The number of nitrogen functional groups attached to an aromatic ring is 1. The number of aromatic nitrogens is 2. The van der Waals surface area contributed by atoms with Gasteiger partial charge in [0.1, 0.15) is 10.3 Å². The van der Waals surface area contributed by atoms with Crippen LogP contribution in [0.25, 0.3) is 0 Å². The smallest absolute Gasteiger partial charge is 0.292 e. The van der Waals surface area contributed by atoms with Gasteiger partial charge in [-0.15, -0.1) is 0 Å². The van der Waals surface area contributed by atoms with Gasteiger partial charge in [-0.05, 0) is 28.1 Å². The normalized spacial score (nSPS) is 10.1. The van der Waals surface area contributed by atoms with Gasteiger partial charge in [0.2, 0.25) is 0 Å². The van der Waals surface area contributed by atoms with Crippen LogP contribution < -0.4 is 11.1 Å². The number of nitro benzene ring substituents is 1. The molecule has 1 heterocycles. The molecule has 1 aromatic carbocycles. The highest BCUT2D eigenvalue weighted by molar-refractivity contribution is 9.10. The fourth-order valence-electron chi connectivity index (χ4n) is 1.43. The minimum atomic E-state index is -0.614. The van der Waals surface area contributed by atoms with Gasteiger partial charge in [0.05, 0.1) is 17.3 Å². The van der Waals surface area contributed by atoms with E-state index >= 15 is 0 Å². The quantitative estimate of drug-likeness (QED) is 0.501. The summed E-state index contributed by atoms with van der Waals surface area (Å²) in [5.41, 5.74) is 5.39. The van der Waals surface area contributed by atoms with Crippen LogP contribution in [0.4, 0.5) is 17.2 Å². The first-order valence-corrected chi connectivity index (χ1v) is 6.09. The van der Waals surface area contributed by atoms with E-state index in [1.165, 1.54) is 30.6 Å². The third-order valence-corrected chi connectivity index (χ3v) is 2.76. The molecular weight excluding hydrogens is 330 g/mol. The van der Waals surface area contributed by atoms with Crippen molar-refractivity contribution in [2.45, 2.75) is 0 Å². The third-order valence-electron chi connectivity index (χ3n) is 2.35. The zero-order valence-electron chi connectivity index (χ0n) is 9.91. The number of nitrogens with one attached hydrogen (secondary N) is 1. The van der Waals surface area contributed by atoms with Gasteiger partial charge in [0.25, 0.3) is 11.6 Å². The van der Waals surface area contributed by atoms with E-state index in [1.54, 1.807) is 0 Å². The van der Waals surface area contributed by atoms with Crippen molar-refractivity contribution >= 4 is 39.0 Å². The molecule has 0 saturated heterocycles. The molecule has 0 spiro atoms. The largest absolute Gasteiger partial charge is 0.393 e. The first-order chi connectivity index (χ1) is 9.47. The number of amides is 1. The topological polar surface area (TPSA) is 124 Å². The molecule has 0 aliphatic carbocycles. The predicted molar refractivity (Wildman–Crippen MR) is 75.2 cm³/mol. The van der Waals surface area contributed by atoms with Crippen molar-refractivity contribution in [1.82, 2.24) is 9.97 Å². The van der Waals surface area contributed by atoms with Gasteiger partial charge in [-0.3, -0.25) is 14.9 Å². The molecule has 102 valence electrons. The van der Waals surface area contributed by atoms with Crippen molar-refractivity contribution in [3.05, 3.63) is 50.9 Å². The summed E-state index contributed by atoms with van der Waals surface area (Å²) in [5.74, 6) is -0.224. The highest BCUT2D eigenvalue weighted by Crippen LogP contribution is 2.22. The van der Waals surface area contributed by atoms with Crippen LogP contribution in [0.1, 0.15) is 10.4 Å². The van der Waals surface area contributed by atoms with Crippen LogP contribution in [0.15, 0.2) is 35.2 Å². The Bertz CT molecular complexity index is 674. The molecule has 3 N–H and O–H groups in total. The molecule has 2 rings (SSSR count). The standard InChI is InChI=1S/C11H8BrN5O3/c12-9-4-15-10(5-14-9)16-11(18)6-1-2-8(17(19)20)7(13)3-6/h1-5H,13H2,(H,15,16,18). The second kappa shape index (κ2) is 5.61. The van der Waals surface area contributed by atoms with Gasteiger partial charge in [-0.25, -0.2) is 9.97 Å². The van der Waals surface area contributed by atoms with Crippen molar-refractivity contribution in [2.24, 2.45) is 0 Å². The summed E-state index contributed by atoms with van der Waals surface area (Å²) in [6, 6.07) is 3.73. The Morgan fingerprint density at radius 1 is 1.35 bits per heavy atom. The maximum absolute atomic E-state index is 11.9. The molecule has 1 aromatic heterocycles. The Kier molecular flexibility index (Phi) is 3.89. The molecule has 0 bridgehead atoms. The molecule has 0 unspecified atom stereocenters. The zero-order valence-corrected chi connectivity index (χ0v) is 11.5. The van der Waals surface area contributed by atoms with Crippen LogP contribution in [0.2, 0.25) is 0 Å². The van der Waals surface area contributed by atoms with Crippen LogP contribution >= 0.6 is 15.9 Å². The summed E-state index contributed by atoms with van der Waals surface area (Å²) in [4.78, 5) is 29.8. The lowest BCUT2D eigenvalue weighted by molar-refractivity contribution is -0.383. The molecule has 1 amide bonds. The summed E-state index contributed by atoms with van der Waals surface area (Å²) in [6.45, 7) is 0. The second-order valence-electron chi connectivity index (χ2n) is 3.71. The minimum absolute atomic E-state index is 0.0791. The van der Waals surface area contributed by atoms with Crippen LogP contribution in [0.3, 0.4) is 0 Å². The van der Waals surface area contributed by atoms with E-state index in [2.05, 4.69) is 31.2 Å². The van der Waals surface area contributed by atoms with Gasteiger partial charge in [-0.1, -0.05) is 0 Å². The first kappa shape index (κ1) is 13.9. The second-order valence-corrected chi connectivity index (χ2v) is 4.52. The van der Waals surface area contributed by atoms with Gasteiger partial charge >= 0.3 is 0 Å². The van der Waals surface area contributed by atoms with Crippen LogP contribution in [0, 0.1) is 10.1 Å². The number of carbonyl (C=O) groups excluding carboxylic acids is 1. The maximum Gasteiger partial charge on any atom is 0.292 e. The number of hydrogen-bond donors (Lipinski definition) is 2. The Hall–Kier alpha value is -2.55. The number of anilines is 2. The number of hydrogen-bond acceptors (Lipinski definition) is 6. The molecule has 8 nitrogen and oxygen atoms in total. The van der Waals surface area contributed by atoms with E-state index in [0.29, 0.717) is 4.60 Å². The average molecular weight is 338 g/mol. The SMILES string of the molecule is Nc1cc(C(=O)Nc2cnc(Br)cn2)ccc1[N+](=O)[O-]. The Morgan fingerprint density at radius 2 is 2.10 bits per heavy atom. The number of nitro groups is 1. The van der Waals surface area contributed by atoms with E-state index in [0.717, 1.165) is 0 Å². The van der Waals surface area contributed by atoms with E-state index in [-0.39, 0.29) is 22.8 Å². The molecule has 2 aromatic rings. The number of carbonyl (C=O) groups is 1. The van der Waals surface area contributed by atoms with Crippen molar-refractivity contribution in [3.63, 3.8) is 0 Å². The molecule has 20 heavy (non-hydrogen) atoms. The number of nitrogens with two attached hydrogens (primary N) is 1. The van der Waals surface area contributed by atoms with Crippen LogP contribution in [-0.2, 0) is 0 Å². The fraction of sp³-hybridized carbons (Fsp3) is 0. The highest BCUT2D eigenvalue weighted by Gasteiger charge is 2.14. The number of halogens is 1. The van der Waals surface area contributed by atoms with E-state index < -0.39 is 10.8 Å². The molecule has 0 fully saturated rings. The number of rotatable bonds is 3. The van der Waals surface area contributed by atoms with E-state index in [1.807, 2.05) is 0 Å². The third kappa shape index (κ3) is 3.06. The molecule has 0 radical (unpaired) electrons. The fourth-order valence-corrected chi connectivity index (χ4v) is 1.63. The van der Waals surface area contributed by atoms with Crippen molar-refractivity contribution in [2.75, 3.05) is 11.1 Å². The lowest BCUT2D eigenvalue weighted by Crippen LogP contribution is -2.13. The minimum Gasteiger partial charge on any atom is -0.393 e. The highest BCUT2D eigenvalue weighted by atomic mass is 79.9. The number of benzene rings is 1. The van der Waals surface area contributed by atoms with Crippen molar-refractivity contribution < 1.29 is 9.72 Å². The molecule has 0 atom stereocenters. The Morgan fingerprint density at radius 3 is 2.65 bits per heavy atom. The molecular formula is C11H8BrN5O3. The van der Waals surface area contributed by atoms with E-state index in [9.17, 15) is 14.9 Å². The molecule has 0 aliphatic rings. The van der Waals surface area contributed by atoms with Crippen molar-refractivity contribution in [1.29, 1.82) is 0 Å². The van der Waals surface area contributed by atoms with Gasteiger partial charge in [0, 0.05) is 11.6 Å². The molecule has 0 saturated carbocycles. The lowest BCUT2D eigenvalue weighted by Gasteiger charge is -2.05. The summed E-state index contributed by atoms with van der Waals surface area (Å²) in [5, 5.41) is 13.1. The monoisotopic (exact) mass is 337 g/mol. The van der Waals surface area contributed by atoms with Crippen LogP contribution in [0.5, 0.6) is 0 Å². The molecule has 0 aliphatic heterocycles. The van der Waals surface area contributed by atoms with E-state index in [4.69, 9.17) is 5.73 Å². The average Bonchev–Trinajstić information content (AvgIpc) is 2.40. The lowest BCUT2D eigenvalue weighted by atomic mass is 10.1. The summed E-state index contributed by atoms with van der Waals surface area (Å²) >= 11 is 3.12. The maximum atomic E-state index is 11.9. The van der Waals surface area contributed by atoms with Crippen LogP contribution in [-0.4, -0.2) is 20.8 Å². The first-order valence-electron chi connectivity index (χ1n) is 5.30. The summed E-state index contributed by atoms with van der Waals surface area (Å²) < 4.78 is 0.537. The Balaban J connectivity index is 2.19. The number of nitrogens with zero attached hydrogens (tertiary/aromatic N) is 3.